The Hall–Kier alpha value is -4.70. The van der Waals surface area contributed by atoms with Crippen LogP contribution >= 0.6 is 15.9 Å². The zero-order valence-corrected chi connectivity index (χ0v) is 24.7. The molecule has 0 amide bonds. The maximum atomic E-state index is 13.7. The third kappa shape index (κ3) is 6.13. The van der Waals surface area contributed by atoms with Crippen LogP contribution < -0.4 is 15.0 Å². The van der Waals surface area contributed by atoms with E-state index in [0.717, 1.165) is 15.4 Å². The number of esters is 1. The lowest BCUT2D eigenvalue weighted by Gasteiger charge is -2.16. The summed E-state index contributed by atoms with van der Waals surface area (Å²) in [6, 6.07) is 18.1. The van der Waals surface area contributed by atoms with E-state index in [2.05, 4.69) is 27.6 Å². The second-order valence-corrected chi connectivity index (χ2v) is 10.0. The van der Waals surface area contributed by atoms with Gasteiger partial charge in [-0.1, -0.05) is 34.1 Å². The van der Waals surface area contributed by atoms with Crippen molar-refractivity contribution in [1.29, 1.82) is 0 Å². The molecule has 0 N–H and O–H groups in total. The molecule has 0 saturated heterocycles. The Kier molecular flexibility index (Phi) is 8.83. The average molecular weight is 630 g/mol. The smallest absolute Gasteiger partial charge is 0.344 e. The molecule has 0 fully saturated rings. The van der Waals surface area contributed by atoms with Crippen LogP contribution in [0.15, 0.2) is 92.1 Å². The first-order valence-electron chi connectivity index (χ1n) is 13.4. The Labute approximate surface area is 250 Å². The molecule has 214 valence electrons. The summed E-state index contributed by atoms with van der Waals surface area (Å²) < 4.78 is 24.9. The Balaban J connectivity index is 1.61. The van der Waals surface area contributed by atoms with Crippen LogP contribution in [0.4, 0.5) is 0 Å². The Morgan fingerprint density at radius 1 is 1.10 bits per heavy atom. The lowest BCUT2D eigenvalue weighted by molar-refractivity contribution is -0.145. The summed E-state index contributed by atoms with van der Waals surface area (Å²) in [6.45, 7) is 7.78. The van der Waals surface area contributed by atoms with E-state index in [-0.39, 0.29) is 24.6 Å². The van der Waals surface area contributed by atoms with Crippen molar-refractivity contribution in [3.63, 3.8) is 0 Å². The van der Waals surface area contributed by atoms with Gasteiger partial charge in [0.1, 0.15) is 5.58 Å². The monoisotopic (exact) mass is 629 g/mol. The molecule has 9 nitrogen and oxygen atoms in total. The molecule has 3 aromatic carbocycles. The Morgan fingerprint density at radius 3 is 2.71 bits per heavy atom. The molecule has 5 rings (SSSR count). The number of carbonyl (C=O) groups excluding carboxylic acids is 1. The minimum Gasteiger partial charge on any atom is -0.490 e. The van der Waals surface area contributed by atoms with E-state index in [1.165, 1.54) is 4.68 Å². The van der Waals surface area contributed by atoms with Crippen molar-refractivity contribution in [2.45, 2.75) is 20.3 Å². The quantitative estimate of drug-likeness (QED) is 0.0930. The van der Waals surface area contributed by atoms with Crippen molar-refractivity contribution in [2.24, 2.45) is 5.10 Å². The number of fused-ring (bicyclic) bond motifs is 2. The highest BCUT2D eigenvalue weighted by Crippen LogP contribution is 2.34. The van der Waals surface area contributed by atoms with Gasteiger partial charge in [0, 0.05) is 15.4 Å². The number of hydrogen-bond donors (Lipinski definition) is 0. The lowest BCUT2D eigenvalue weighted by atomic mass is 10.1. The molecule has 0 atom stereocenters. The molecule has 2 aromatic heterocycles. The SMILES string of the molecule is C=CCc1cc(C=Nn2c(-c3cc4cc(Br)ccc4o3)nc3ccccc3c2=O)cc(OCC)c1OCC(=O)OCC. The molecule has 0 spiro atoms. The first-order chi connectivity index (χ1) is 20.4. The van der Waals surface area contributed by atoms with Crippen molar-refractivity contribution in [2.75, 3.05) is 19.8 Å². The fraction of sp³-hybridized carbons (Fsp3) is 0.188. The average Bonchev–Trinajstić information content (AvgIpc) is 3.40. The maximum absolute atomic E-state index is 13.7. The summed E-state index contributed by atoms with van der Waals surface area (Å²) in [7, 11) is 0. The van der Waals surface area contributed by atoms with Gasteiger partial charge >= 0.3 is 5.97 Å². The third-order valence-corrected chi connectivity index (χ3v) is 6.73. The molecule has 10 heteroatoms. The highest BCUT2D eigenvalue weighted by Gasteiger charge is 2.18. The van der Waals surface area contributed by atoms with Gasteiger partial charge in [-0.2, -0.15) is 9.78 Å². The molecule has 0 saturated carbocycles. The van der Waals surface area contributed by atoms with E-state index >= 15 is 0 Å². The zero-order chi connectivity index (χ0) is 29.6. The fourth-order valence-corrected chi connectivity index (χ4v) is 4.84. The molecular weight excluding hydrogens is 602 g/mol. The number of hydrogen-bond acceptors (Lipinski definition) is 8. The minimum atomic E-state index is -0.483. The summed E-state index contributed by atoms with van der Waals surface area (Å²) in [5, 5.41) is 5.84. The van der Waals surface area contributed by atoms with E-state index in [0.29, 0.717) is 52.3 Å². The second kappa shape index (κ2) is 12.9. The Morgan fingerprint density at radius 2 is 1.93 bits per heavy atom. The minimum absolute atomic E-state index is 0.256. The zero-order valence-electron chi connectivity index (χ0n) is 23.1. The van der Waals surface area contributed by atoms with Gasteiger partial charge in [-0.05, 0) is 74.4 Å². The van der Waals surface area contributed by atoms with Crippen LogP contribution in [0.5, 0.6) is 11.5 Å². The third-order valence-electron chi connectivity index (χ3n) is 6.23. The normalized spacial score (nSPS) is 11.3. The van der Waals surface area contributed by atoms with Gasteiger partial charge in [0.15, 0.2) is 23.9 Å². The fourth-order valence-electron chi connectivity index (χ4n) is 4.46. The van der Waals surface area contributed by atoms with Crippen molar-refractivity contribution in [1.82, 2.24) is 9.66 Å². The number of rotatable bonds is 11. The number of nitrogens with zero attached hydrogens (tertiary/aromatic N) is 3. The number of ether oxygens (including phenoxy) is 3. The molecule has 0 aliphatic rings. The van der Waals surface area contributed by atoms with Crippen molar-refractivity contribution in [3.8, 4) is 23.1 Å². The van der Waals surface area contributed by atoms with Gasteiger partial charge in [-0.15, -0.1) is 6.58 Å². The Bertz CT molecular complexity index is 1870. The lowest BCUT2D eigenvalue weighted by Crippen LogP contribution is -2.20. The van der Waals surface area contributed by atoms with Gasteiger partial charge in [0.2, 0.25) is 5.82 Å². The number of carbonyl (C=O) groups is 1. The predicted octanol–water partition coefficient (Wildman–Crippen LogP) is 6.52. The summed E-state index contributed by atoms with van der Waals surface area (Å²) in [4.78, 5) is 30.4. The van der Waals surface area contributed by atoms with E-state index in [1.54, 1.807) is 43.5 Å². The molecule has 5 aromatic rings. The molecule has 0 aliphatic carbocycles. The number of furan rings is 1. The predicted molar refractivity (Wildman–Crippen MR) is 166 cm³/mol. The highest BCUT2D eigenvalue weighted by molar-refractivity contribution is 9.10. The number of aromatic nitrogens is 2. The van der Waals surface area contributed by atoms with Crippen LogP contribution in [0.3, 0.4) is 0 Å². The molecule has 0 radical (unpaired) electrons. The summed E-state index contributed by atoms with van der Waals surface area (Å²) in [6.07, 6.45) is 3.71. The standard InChI is InChI=1S/C32H28BrN3O6/c1-4-9-21-14-20(15-27(39-5-2)30(21)41-19-29(37)40-6-3)18-34-36-31(35-25-11-8-7-10-24(25)32(36)38)28-17-22-16-23(33)12-13-26(22)42-28/h4,7-8,10-18H,1,5-6,9,19H2,2-3H3. The topological polar surface area (TPSA) is 105 Å². The van der Waals surface area contributed by atoms with Gasteiger partial charge in [-0.25, -0.2) is 9.78 Å². The van der Waals surface area contributed by atoms with Crippen molar-refractivity contribution in [3.05, 3.63) is 99.3 Å². The number of para-hydroxylation sites is 1. The molecule has 2 heterocycles. The molecule has 0 unspecified atom stereocenters. The molecule has 0 bridgehead atoms. The van der Waals surface area contributed by atoms with Crippen LogP contribution in [0.25, 0.3) is 33.5 Å². The van der Waals surface area contributed by atoms with Crippen LogP contribution in [0, 0.1) is 0 Å². The van der Waals surface area contributed by atoms with Crippen LogP contribution in [-0.4, -0.2) is 41.7 Å². The van der Waals surface area contributed by atoms with Crippen molar-refractivity contribution < 1.29 is 23.4 Å². The van der Waals surface area contributed by atoms with Crippen LogP contribution in [0.1, 0.15) is 25.0 Å². The van der Waals surface area contributed by atoms with E-state index in [4.69, 9.17) is 23.6 Å². The van der Waals surface area contributed by atoms with E-state index < -0.39 is 5.97 Å². The number of benzene rings is 3. The first-order valence-corrected chi connectivity index (χ1v) is 14.2. The van der Waals surface area contributed by atoms with Gasteiger partial charge in [-0.3, -0.25) is 4.79 Å². The highest BCUT2D eigenvalue weighted by atomic mass is 79.9. The molecule has 42 heavy (non-hydrogen) atoms. The largest absolute Gasteiger partial charge is 0.490 e. The molecule has 0 aliphatic heterocycles. The maximum Gasteiger partial charge on any atom is 0.344 e. The summed E-state index contributed by atoms with van der Waals surface area (Å²) in [5.41, 5.74) is 2.20. The van der Waals surface area contributed by atoms with Crippen molar-refractivity contribution >= 4 is 50.0 Å². The summed E-state index contributed by atoms with van der Waals surface area (Å²) in [5.74, 6) is 1.01. The first kappa shape index (κ1) is 28.8. The van der Waals surface area contributed by atoms with Crippen LogP contribution in [-0.2, 0) is 16.0 Å². The van der Waals surface area contributed by atoms with Gasteiger partial charge in [0.05, 0.1) is 30.3 Å². The molecular formula is C32H28BrN3O6. The number of halogens is 1. The number of allylic oxidation sites excluding steroid dienone is 1. The van der Waals surface area contributed by atoms with Gasteiger partial charge < -0.3 is 18.6 Å². The van der Waals surface area contributed by atoms with Gasteiger partial charge in [0.25, 0.3) is 5.56 Å². The van der Waals surface area contributed by atoms with E-state index in [9.17, 15) is 9.59 Å². The van der Waals surface area contributed by atoms with Crippen LogP contribution in [0.2, 0.25) is 0 Å². The van der Waals surface area contributed by atoms with E-state index in [1.807, 2.05) is 43.3 Å². The second-order valence-electron chi connectivity index (χ2n) is 9.13. The summed E-state index contributed by atoms with van der Waals surface area (Å²) >= 11 is 3.49.